The van der Waals surface area contributed by atoms with Crippen LogP contribution in [0.5, 0.6) is 0 Å². The van der Waals surface area contributed by atoms with E-state index in [-0.39, 0.29) is 0 Å². The largest absolute Gasteiger partial charge is 0.330 e. The van der Waals surface area contributed by atoms with Gasteiger partial charge in [0.2, 0.25) is 0 Å². The summed E-state index contributed by atoms with van der Waals surface area (Å²) in [7, 11) is 0. The molecule has 1 aromatic carbocycles. The Hall–Kier alpha value is -0.940. The second-order valence-corrected chi connectivity index (χ2v) is 6.89. The molecule has 0 saturated heterocycles. The van der Waals surface area contributed by atoms with Crippen LogP contribution < -0.4 is 22.1 Å². The molecule has 0 amide bonds. The van der Waals surface area contributed by atoms with E-state index in [2.05, 4.69) is 34.9 Å². The van der Waals surface area contributed by atoms with Crippen LogP contribution in [-0.2, 0) is 13.1 Å². The molecule has 0 aromatic heterocycles. The van der Waals surface area contributed by atoms with Gasteiger partial charge in [-0.15, -0.1) is 0 Å². The molecule has 0 heterocycles. The fourth-order valence-electron chi connectivity index (χ4n) is 3.33. The highest BCUT2D eigenvalue weighted by atomic mass is 14.9. The third-order valence-electron chi connectivity index (χ3n) is 4.97. The van der Waals surface area contributed by atoms with Gasteiger partial charge < -0.3 is 22.1 Å². The van der Waals surface area contributed by atoms with Crippen molar-refractivity contribution in [1.82, 2.24) is 10.6 Å². The van der Waals surface area contributed by atoms with Gasteiger partial charge in [-0.3, -0.25) is 0 Å². The van der Waals surface area contributed by atoms with Crippen molar-refractivity contribution < 1.29 is 0 Å². The van der Waals surface area contributed by atoms with E-state index in [9.17, 15) is 0 Å². The molecule has 23 heavy (non-hydrogen) atoms. The summed E-state index contributed by atoms with van der Waals surface area (Å²) in [5.41, 5.74) is 14.0. The van der Waals surface area contributed by atoms with Crippen molar-refractivity contribution in [2.75, 3.05) is 26.2 Å². The summed E-state index contributed by atoms with van der Waals surface area (Å²) in [5, 5.41) is 7.03. The Balaban J connectivity index is 1.60. The lowest BCUT2D eigenvalue weighted by molar-refractivity contribution is 0.272. The minimum Gasteiger partial charge on any atom is -0.330 e. The second-order valence-electron chi connectivity index (χ2n) is 6.89. The molecular weight excluding hydrogens is 284 g/mol. The van der Waals surface area contributed by atoms with Gasteiger partial charge >= 0.3 is 0 Å². The molecular formula is C19H34N4. The third kappa shape index (κ3) is 7.00. The maximum Gasteiger partial charge on any atom is 0.0205 e. The summed E-state index contributed by atoms with van der Waals surface area (Å²) >= 11 is 0. The van der Waals surface area contributed by atoms with E-state index in [1.54, 1.807) is 0 Å². The molecule has 2 rings (SSSR count). The summed E-state index contributed by atoms with van der Waals surface area (Å²) in [6.07, 6.45) is 6.34. The topological polar surface area (TPSA) is 76.1 Å². The number of rotatable bonds is 10. The summed E-state index contributed by atoms with van der Waals surface area (Å²) < 4.78 is 0. The summed E-state index contributed by atoms with van der Waals surface area (Å²) in [4.78, 5) is 0. The molecule has 1 aliphatic rings. The van der Waals surface area contributed by atoms with Gasteiger partial charge in [0.15, 0.2) is 0 Å². The normalized spacial score (nSPS) is 21.5. The van der Waals surface area contributed by atoms with Crippen molar-refractivity contribution >= 4 is 0 Å². The van der Waals surface area contributed by atoms with Crippen molar-refractivity contribution in [3.05, 3.63) is 35.4 Å². The lowest BCUT2D eigenvalue weighted by Gasteiger charge is -2.27. The summed E-state index contributed by atoms with van der Waals surface area (Å²) in [5.74, 6) is 1.61. The Labute approximate surface area is 141 Å². The molecule has 0 bridgehead atoms. The number of hydrogen-bond acceptors (Lipinski definition) is 4. The average molecular weight is 319 g/mol. The Morgan fingerprint density at radius 3 is 1.96 bits per heavy atom. The van der Waals surface area contributed by atoms with Crippen LogP contribution in [0.1, 0.15) is 43.2 Å². The number of hydrogen-bond donors (Lipinski definition) is 4. The van der Waals surface area contributed by atoms with Crippen molar-refractivity contribution in [2.45, 2.75) is 45.2 Å². The summed E-state index contributed by atoms with van der Waals surface area (Å²) in [6, 6.07) is 8.91. The van der Waals surface area contributed by atoms with E-state index < -0.39 is 0 Å². The van der Waals surface area contributed by atoms with Gasteiger partial charge in [-0.1, -0.05) is 24.3 Å². The Bertz CT molecular complexity index is 410. The van der Waals surface area contributed by atoms with E-state index in [1.807, 2.05) is 0 Å². The van der Waals surface area contributed by atoms with Crippen LogP contribution in [0.3, 0.4) is 0 Å². The third-order valence-corrected chi connectivity index (χ3v) is 4.97. The number of benzene rings is 1. The lowest BCUT2D eigenvalue weighted by Crippen LogP contribution is -2.28. The minimum absolute atomic E-state index is 0.755. The van der Waals surface area contributed by atoms with E-state index in [4.69, 9.17) is 11.5 Å². The molecule has 0 unspecified atom stereocenters. The fraction of sp³-hybridized carbons (Fsp3) is 0.684. The first kappa shape index (κ1) is 18.4. The van der Waals surface area contributed by atoms with E-state index in [0.29, 0.717) is 0 Å². The Morgan fingerprint density at radius 2 is 1.39 bits per heavy atom. The SMILES string of the molecule is NCCCNCc1ccc(CNCC2CCC(CN)CC2)cc1. The van der Waals surface area contributed by atoms with Crippen molar-refractivity contribution in [3.8, 4) is 0 Å². The van der Waals surface area contributed by atoms with Crippen LogP contribution in [0.4, 0.5) is 0 Å². The molecule has 6 N–H and O–H groups in total. The predicted molar refractivity (Wildman–Crippen MR) is 98.0 cm³/mol. The van der Waals surface area contributed by atoms with E-state index >= 15 is 0 Å². The highest BCUT2D eigenvalue weighted by Gasteiger charge is 2.19. The smallest absolute Gasteiger partial charge is 0.0205 e. The molecule has 0 spiro atoms. The summed E-state index contributed by atoms with van der Waals surface area (Å²) in [6.45, 7) is 5.65. The first-order chi connectivity index (χ1) is 11.3. The molecule has 0 atom stereocenters. The maximum atomic E-state index is 5.76. The minimum atomic E-state index is 0.755. The maximum absolute atomic E-state index is 5.76. The van der Waals surface area contributed by atoms with Crippen LogP contribution in [0, 0.1) is 11.8 Å². The standard InChI is InChI=1S/C19H34N4/c20-10-1-11-22-13-17-6-8-19(9-7-17)15-23-14-18-4-2-16(12-21)3-5-18/h6-9,16,18,22-23H,1-5,10-15,20-21H2. The second kappa shape index (κ2) is 10.8. The monoisotopic (exact) mass is 318 g/mol. The van der Waals surface area contributed by atoms with E-state index in [0.717, 1.165) is 57.5 Å². The molecule has 0 radical (unpaired) electrons. The Kier molecular flexibility index (Phi) is 8.61. The van der Waals surface area contributed by atoms with Crippen LogP contribution in [-0.4, -0.2) is 26.2 Å². The van der Waals surface area contributed by atoms with Crippen molar-refractivity contribution in [2.24, 2.45) is 23.3 Å². The molecule has 130 valence electrons. The van der Waals surface area contributed by atoms with Crippen LogP contribution in [0.2, 0.25) is 0 Å². The number of nitrogens with two attached hydrogens (primary N) is 2. The molecule has 1 saturated carbocycles. The fourth-order valence-corrected chi connectivity index (χ4v) is 3.33. The zero-order chi connectivity index (χ0) is 16.3. The van der Waals surface area contributed by atoms with Gasteiger partial charge in [-0.2, -0.15) is 0 Å². The molecule has 1 aliphatic carbocycles. The molecule has 4 nitrogen and oxygen atoms in total. The van der Waals surface area contributed by atoms with Gasteiger partial charge in [0.1, 0.15) is 0 Å². The predicted octanol–water partition coefficient (Wildman–Crippen LogP) is 1.98. The van der Waals surface area contributed by atoms with Crippen molar-refractivity contribution in [3.63, 3.8) is 0 Å². The molecule has 1 fully saturated rings. The number of nitrogens with one attached hydrogen (secondary N) is 2. The highest BCUT2D eigenvalue weighted by molar-refractivity contribution is 5.22. The van der Waals surface area contributed by atoms with Crippen molar-refractivity contribution in [1.29, 1.82) is 0 Å². The quantitative estimate of drug-likeness (QED) is 0.498. The highest BCUT2D eigenvalue weighted by Crippen LogP contribution is 2.27. The molecule has 4 heteroatoms. The van der Waals surface area contributed by atoms with Gasteiger partial charge in [0.05, 0.1) is 0 Å². The van der Waals surface area contributed by atoms with Crippen LogP contribution in [0.15, 0.2) is 24.3 Å². The first-order valence-electron chi connectivity index (χ1n) is 9.21. The molecule has 0 aliphatic heterocycles. The van der Waals surface area contributed by atoms with Crippen LogP contribution in [0.25, 0.3) is 0 Å². The zero-order valence-electron chi connectivity index (χ0n) is 14.4. The molecule has 1 aromatic rings. The lowest BCUT2D eigenvalue weighted by atomic mass is 9.82. The van der Waals surface area contributed by atoms with Gasteiger partial charge in [0, 0.05) is 13.1 Å². The van der Waals surface area contributed by atoms with Gasteiger partial charge in [-0.25, -0.2) is 0 Å². The zero-order valence-corrected chi connectivity index (χ0v) is 14.4. The first-order valence-corrected chi connectivity index (χ1v) is 9.21. The van der Waals surface area contributed by atoms with Gasteiger partial charge in [0.25, 0.3) is 0 Å². The van der Waals surface area contributed by atoms with E-state index in [1.165, 1.54) is 36.8 Å². The average Bonchev–Trinajstić information content (AvgIpc) is 2.60. The van der Waals surface area contributed by atoms with Crippen LogP contribution >= 0.6 is 0 Å². The van der Waals surface area contributed by atoms with Gasteiger partial charge in [-0.05, 0) is 81.2 Å². The Morgan fingerprint density at radius 1 is 0.826 bits per heavy atom.